The van der Waals surface area contributed by atoms with Crippen molar-refractivity contribution < 1.29 is 14.0 Å². The number of carbonyl (C=O) groups excluding carboxylic acids is 1. The summed E-state index contributed by atoms with van der Waals surface area (Å²) in [5.74, 6) is 0.343. The molecule has 1 aromatic carbocycles. The summed E-state index contributed by atoms with van der Waals surface area (Å²) in [6, 6.07) is 5.34. The lowest BCUT2D eigenvalue weighted by atomic mass is 10.2. The largest absolute Gasteiger partial charge is 0.544 e. The summed E-state index contributed by atoms with van der Waals surface area (Å²) < 4.78 is 11.2. The van der Waals surface area contributed by atoms with E-state index < -0.39 is 8.32 Å². The van der Waals surface area contributed by atoms with E-state index in [9.17, 15) is 4.79 Å². The Kier molecular flexibility index (Phi) is 4.15. The Morgan fingerprint density at radius 1 is 1.31 bits per heavy atom. The highest BCUT2D eigenvalue weighted by Crippen LogP contribution is 2.25. The number of ether oxygens (including phenoxy) is 1. The van der Waals surface area contributed by atoms with Gasteiger partial charge in [-0.25, -0.2) is 4.79 Å². The van der Waals surface area contributed by atoms with E-state index in [1.807, 2.05) is 6.07 Å². The summed E-state index contributed by atoms with van der Waals surface area (Å²) in [4.78, 5) is 11.5. The predicted molar refractivity (Wildman–Crippen MR) is 69.5 cm³/mol. The maximum atomic E-state index is 11.5. The molecule has 0 unspecified atom stereocenters. The summed E-state index contributed by atoms with van der Waals surface area (Å²) >= 11 is 3.31. The van der Waals surface area contributed by atoms with Crippen LogP contribution in [0.15, 0.2) is 22.7 Å². The summed E-state index contributed by atoms with van der Waals surface area (Å²) in [5.41, 5.74) is 0.484. The minimum Gasteiger partial charge on any atom is -0.544 e. The van der Waals surface area contributed by atoms with E-state index in [1.165, 1.54) is 7.11 Å². The topological polar surface area (TPSA) is 35.5 Å². The Hall–Kier alpha value is -0.813. The minimum absolute atomic E-state index is 0.368. The first kappa shape index (κ1) is 13.3. The zero-order chi connectivity index (χ0) is 12.3. The molecule has 0 spiro atoms. The van der Waals surface area contributed by atoms with Crippen LogP contribution in [0.4, 0.5) is 0 Å². The Balaban J connectivity index is 3.03. The number of rotatable bonds is 3. The maximum Gasteiger partial charge on any atom is 0.339 e. The average molecular weight is 303 g/mol. The Morgan fingerprint density at radius 2 is 1.94 bits per heavy atom. The molecule has 0 aliphatic rings. The molecule has 0 aromatic heterocycles. The molecule has 0 N–H and O–H groups in total. The van der Waals surface area contributed by atoms with Crippen LogP contribution >= 0.6 is 15.9 Å². The zero-order valence-corrected chi connectivity index (χ0v) is 12.4. The third-order valence-electron chi connectivity index (χ3n) is 1.77. The molecule has 0 aliphatic carbocycles. The smallest absolute Gasteiger partial charge is 0.339 e. The van der Waals surface area contributed by atoms with Gasteiger partial charge in [-0.05, 0) is 53.8 Å². The van der Waals surface area contributed by atoms with Crippen LogP contribution in [0.1, 0.15) is 10.4 Å². The van der Waals surface area contributed by atoms with Crippen molar-refractivity contribution in [3.05, 3.63) is 28.2 Å². The van der Waals surface area contributed by atoms with Gasteiger partial charge in [0.15, 0.2) is 0 Å². The van der Waals surface area contributed by atoms with Gasteiger partial charge in [0.25, 0.3) is 0 Å². The Bertz CT molecular complexity index is 399. The van der Waals surface area contributed by atoms with Crippen LogP contribution in [0.5, 0.6) is 5.75 Å². The van der Waals surface area contributed by atoms with Gasteiger partial charge in [-0.1, -0.05) is 0 Å². The molecule has 5 heteroatoms. The fourth-order valence-electron chi connectivity index (χ4n) is 1.19. The minimum atomic E-state index is -1.65. The van der Waals surface area contributed by atoms with Crippen LogP contribution in [0.25, 0.3) is 0 Å². The molecule has 0 radical (unpaired) electrons. The lowest BCUT2D eigenvalue weighted by molar-refractivity contribution is 0.0599. The van der Waals surface area contributed by atoms with Gasteiger partial charge >= 0.3 is 5.97 Å². The van der Waals surface area contributed by atoms with E-state index in [2.05, 4.69) is 40.3 Å². The molecule has 16 heavy (non-hydrogen) atoms. The summed E-state index contributed by atoms with van der Waals surface area (Å²) in [7, 11) is -0.289. The van der Waals surface area contributed by atoms with E-state index in [-0.39, 0.29) is 5.97 Å². The number of hydrogen-bond acceptors (Lipinski definition) is 3. The molecule has 0 saturated heterocycles. The predicted octanol–water partition coefficient (Wildman–Crippen LogP) is 3.45. The monoisotopic (exact) mass is 302 g/mol. The number of carbonyl (C=O) groups is 1. The van der Waals surface area contributed by atoms with Crippen molar-refractivity contribution in [1.29, 1.82) is 0 Å². The molecule has 1 rings (SSSR count). The fraction of sp³-hybridized carbons (Fsp3) is 0.364. The SMILES string of the molecule is COC(=O)c1cc(O[Si](C)(C)C)ccc1Br. The normalized spacial score (nSPS) is 11.1. The van der Waals surface area contributed by atoms with Gasteiger partial charge in [-0.15, -0.1) is 0 Å². The van der Waals surface area contributed by atoms with Crippen LogP contribution in [0.3, 0.4) is 0 Å². The van der Waals surface area contributed by atoms with E-state index >= 15 is 0 Å². The number of methoxy groups -OCH3 is 1. The van der Waals surface area contributed by atoms with Crippen molar-refractivity contribution in [2.45, 2.75) is 19.6 Å². The van der Waals surface area contributed by atoms with E-state index in [4.69, 9.17) is 4.43 Å². The molecule has 0 heterocycles. The lowest BCUT2D eigenvalue weighted by Crippen LogP contribution is -2.29. The highest BCUT2D eigenvalue weighted by Gasteiger charge is 2.18. The molecule has 0 amide bonds. The number of esters is 1. The second-order valence-corrected chi connectivity index (χ2v) is 9.63. The van der Waals surface area contributed by atoms with Crippen LogP contribution in [0.2, 0.25) is 19.6 Å². The van der Waals surface area contributed by atoms with Crippen LogP contribution < -0.4 is 4.43 Å². The van der Waals surface area contributed by atoms with Gasteiger partial charge in [0.1, 0.15) is 5.75 Å². The lowest BCUT2D eigenvalue weighted by Gasteiger charge is -2.19. The van der Waals surface area contributed by atoms with Gasteiger partial charge in [-0.3, -0.25) is 0 Å². The molecule has 0 aliphatic heterocycles. The van der Waals surface area contributed by atoms with Gasteiger partial charge in [0.2, 0.25) is 8.32 Å². The van der Waals surface area contributed by atoms with Crippen molar-refractivity contribution in [2.24, 2.45) is 0 Å². The fourth-order valence-corrected chi connectivity index (χ4v) is 2.43. The van der Waals surface area contributed by atoms with Gasteiger partial charge in [0, 0.05) is 4.47 Å². The molecule has 0 atom stereocenters. The van der Waals surface area contributed by atoms with Crippen LogP contribution in [0, 0.1) is 0 Å². The quantitative estimate of drug-likeness (QED) is 0.634. The van der Waals surface area contributed by atoms with Crippen molar-refractivity contribution in [3.63, 3.8) is 0 Å². The third kappa shape index (κ3) is 3.64. The van der Waals surface area contributed by atoms with Crippen LogP contribution in [-0.4, -0.2) is 21.4 Å². The molecule has 0 bridgehead atoms. The van der Waals surface area contributed by atoms with Gasteiger partial charge < -0.3 is 9.16 Å². The second-order valence-electron chi connectivity index (χ2n) is 4.35. The Labute approximate surface area is 105 Å². The number of halogens is 1. The molecular formula is C11H15BrO3Si. The summed E-state index contributed by atoms with van der Waals surface area (Å²) in [5, 5.41) is 0. The van der Waals surface area contributed by atoms with Crippen LogP contribution in [-0.2, 0) is 4.74 Å². The number of hydrogen-bond donors (Lipinski definition) is 0. The number of benzene rings is 1. The van der Waals surface area contributed by atoms with E-state index in [1.54, 1.807) is 12.1 Å². The maximum absolute atomic E-state index is 11.5. The molecule has 88 valence electrons. The highest BCUT2D eigenvalue weighted by atomic mass is 79.9. The summed E-state index contributed by atoms with van der Waals surface area (Å²) in [6.45, 7) is 6.27. The standard InChI is InChI=1S/C11H15BrO3Si/c1-14-11(13)9-7-8(5-6-10(9)12)15-16(2,3)4/h5-7H,1-4H3. The van der Waals surface area contributed by atoms with Crippen molar-refractivity contribution >= 4 is 30.2 Å². The molecule has 0 fully saturated rings. The highest BCUT2D eigenvalue weighted by molar-refractivity contribution is 9.10. The zero-order valence-electron chi connectivity index (χ0n) is 9.83. The van der Waals surface area contributed by atoms with Crippen molar-refractivity contribution in [3.8, 4) is 5.75 Å². The molecular weight excluding hydrogens is 288 g/mol. The second kappa shape index (κ2) is 5.01. The Morgan fingerprint density at radius 3 is 2.44 bits per heavy atom. The van der Waals surface area contributed by atoms with E-state index in [0.29, 0.717) is 15.8 Å². The van der Waals surface area contributed by atoms with Gasteiger partial charge in [0.05, 0.1) is 12.7 Å². The summed E-state index contributed by atoms with van der Waals surface area (Å²) in [6.07, 6.45) is 0. The first-order valence-electron chi connectivity index (χ1n) is 4.90. The average Bonchev–Trinajstić information content (AvgIpc) is 2.18. The molecule has 0 saturated carbocycles. The van der Waals surface area contributed by atoms with Crippen molar-refractivity contribution in [2.75, 3.05) is 7.11 Å². The van der Waals surface area contributed by atoms with Gasteiger partial charge in [-0.2, -0.15) is 0 Å². The first-order valence-corrected chi connectivity index (χ1v) is 9.10. The third-order valence-corrected chi connectivity index (χ3v) is 3.31. The first-order chi connectivity index (χ1) is 7.33. The van der Waals surface area contributed by atoms with Crippen molar-refractivity contribution in [1.82, 2.24) is 0 Å². The molecule has 3 nitrogen and oxygen atoms in total. The van der Waals surface area contributed by atoms with E-state index in [0.717, 1.165) is 0 Å². The molecule has 1 aromatic rings.